The number of piperazine rings is 1. The molecule has 0 aliphatic carbocycles. The minimum atomic E-state index is -0.530. The Morgan fingerprint density at radius 3 is 2.75 bits per heavy atom. The van der Waals surface area contributed by atoms with Gasteiger partial charge in [-0.1, -0.05) is 0 Å². The molecule has 0 radical (unpaired) electrons. The van der Waals surface area contributed by atoms with Crippen LogP contribution in [0.2, 0.25) is 0 Å². The van der Waals surface area contributed by atoms with Crippen molar-refractivity contribution in [3.05, 3.63) is 27.2 Å². The predicted molar refractivity (Wildman–Crippen MR) is 91.5 cm³/mol. The highest BCUT2D eigenvalue weighted by Gasteiger charge is 2.25. The summed E-state index contributed by atoms with van der Waals surface area (Å²) in [5.41, 5.74) is -0.383. The molecule has 9 nitrogen and oxygen atoms in total. The Hall–Kier alpha value is -2.13. The van der Waals surface area contributed by atoms with E-state index in [1.807, 2.05) is 6.92 Å². The molecule has 3 rings (SSSR count). The predicted octanol–water partition coefficient (Wildman–Crippen LogP) is -1.32. The molecule has 0 aromatic carbocycles. The quantitative estimate of drug-likeness (QED) is 0.720. The molecule has 1 aliphatic heterocycles. The van der Waals surface area contributed by atoms with E-state index in [-0.39, 0.29) is 30.9 Å². The van der Waals surface area contributed by atoms with Crippen molar-refractivity contribution < 1.29 is 4.79 Å². The molecular formula is C14H21ClN6O3. The summed E-state index contributed by atoms with van der Waals surface area (Å²) in [5, 5.41) is 3.20. The minimum Gasteiger partial charge on any atom is -0.336 e. The smallest absolute Gasteiger partial charge is 0.332 e. The number of carbonyl (C=O) groups excluding carboxylic acids is 1. The molecule has 2 aromatic rings. The van der Waals surface area contributed by atoms with Gasteiger partial charge in [0.15, 0.2) is 11.2 Å². The second-order valence-corrected chi connectivity index (χ2v) is 5.90. The number of halogens is 1. The van der Waals surface area contributed by atoms with Crippen molar-refractivity contribution in [3.8, 4) is 0 Å². The third kappa shape index (κ3) is 2.84. The van der Waals surface area contributed by atoms with Crippen molar-refractivity contribution in [2.24, 2.45) is 14.1 Å². The van der Waals surface area contributed by atoms with Gasteiger partial charge in [0.2, 0.25) is 5.91 Å². The van der Waals surface area contributed by atoms with Crippen LogP contribution in [0.25, 0.3) is 11.2 Å². The molecule has 1 amide bonds. The van der Waals surface area contributed by atoms with Crippen LogP contribution in [0.4, 0.5) is 0 Å². The summed E-state index contributed by atoms with van der Waals surface area (Å²) in [6, 6.07) is 0.0382. The maximum atomic E-state index is 12.6. The number of fused-ring (bicyclic) bond motifs is 1. The van der Waals surface area contributed by atoms with Crippen molar-refractivity contribution in [3.63, 3.8) is 0 Å². The first-order valence-electron chi connectivity index (χ1n) is 7.53. The average Bonchev–Trinajstić information content (AvgIpc) is 2.91. The third-order valence-corrected chi connectivity index (χ3v) is 4.32. The van der Waals surface area contributed by atoms with Crippen molar-refractivity contribution >= 4 is 29.5 Å². The number of amides is 1. The maximum Gasteiger partial charge on any atom is 0.332 e. The van der Waals surface area contributed by atoms with E-state index in [0.29, 0.717) is 30.8 Å². The normalized spacial score (nSPS) is 17.8. The molecule has 0 spiro atoms. The maximum absolute atomic E-state index is 12.6. The largest absolute Gasteiger partial charge is 0.336 e. The first-order valence-corrected chi connectivity index (χ1v) is 7.53. The minimum absolute atomic E-state index is 0. The van der Waals surface area contributed by atoms with E-state index < -0.39 is 11.2 Å². The van der Waals surface area contributed by atoms with Gasteiger partial charge < -0.3 is 14.8 Å². The molecule has 0 saturated carbocycles. The number of hydrogen-bond acceptors (Lipinski definition) is 5. The number of nitrogens with one attached hydrogen (secondary N) is 1. The molecule has 1 saturated heterocycles. The van der Waals surface area contributed by atoms with E-state index in [4.69, 9.17) is 0 Å². The van der Waals surface area contributed by atoms with Gasteiger partial charge in [0.25, 0.3) is 5.56 Å². The fourth-order valence-electron chi connectivity index (χ4n) is 2.97. The van der Waals surface area contributed by atoms with Crippen LogP contribution in [0.15, 0.2) is 15.9 Å². The molecular weight excluding hydrogens is 336 g/mol. The molecule has 1 fully saturated rings. The standard InChI is InChI=1S/C14H20N6O3.ClH/c1-9-6-15-4-5-19(9)10(21)7-20-13(22)11-12(16-8-17(11)2)18(3)14(20)23;/h8-9,15H,4-7H2,1-3H3;1H. The van der Waals surface area contributed by atoms with Gasteiger partial charge in [0.1, 0.15) is 6.54 Å². The van der Waals surface area contributed by atoms with Crippen molar-refractivity contribution in [2.75, 3.05) is 19.6 Å². The van der Waals surface area contributed by atoms with Crippen molar-refractivity contribution in [2.45, 2.75) is 19.5 Å². The first-order chi connectivity index (χ1) is 10.9. The fraction of sp³-hybridized carbons (Fsp3) is 0.571. The Bertz CT molecular complexity index is 883. The van der Waals surface area contributed by atoms with E-state index in [1.165, 1.54) is 10.9 Å². The van der Waals surface area contributed by atoms with E-state index in [2.05, 4.69) is 10.3 Å². The van der Waals surface area contributed by atoms with Gasteiger partial charge in [-0.15, -0.1) is 12.4 Å². The molecule has 10 heteroatoms. The molecule has 24 heavy (non-hydrogen) atoms. The number of nitrogens with zero attached hydrogens (tertiary/aromatic N) is 5. The van der Waals surface area contributed by atoms with Crippen LogP contribution in [0.5, 0.6) is 0 Å². The van der Waals surface area contributed by atoms with Gasteiger partial charge in [0, 0.05) is 39.8 Å². The summed E-state index contributed by atoms with van der Waals surface area (Å²) >= 11 is 0. The molecule has 1 N–H and O–H groups in total. The lowest BCUT2D eigenvalue weighted by Crippen LogP contribution is -2.54. The average molecular weight is 357 g/mol. The van der Waals surface area contributed by atoms with Gasteiger partial charge >= 0.3 is 5.69 Å². The zero-order chi connectivity index (χ0) is 16.7. The highest BCUT2D eigenvalue weighted by atomic mass is 35.5. The summed E-state index contributed by atoms with van der Waals surface area (Å²) in [7, 11) is 3.23. The lowest BCUT2D eigenvalue weighted by molar-refractivity contribution is -0.134. The Balaban J connectivity index is 0.00000208. The molecule has 1 unspecified atom stereocenters. The second kappa shape index (κ2) is 6.78. The van der Waals surface area contributed by atoms with Crippen LogP contribution in [0.1, 0.15) is 6.92 Å². The van der Waals surface area contributed by atoms with Gasteiger partial charge in [0.05, 0.1) is 6.33 Å². The molecule has 132 valence electrons. The van der Waals surface area contributed by atoms with E-state index in [9.17, 15) is 14.4 Å². The Morgan fingerprint density at radius 1 is 1.38 bits per heavy atom. The number of hydrogen-bond donors (Lipinski definition) is 1. The lowest BCUT2D eigenvalue weighted by atomic mass is 10.2. The van der Waals surface area contributed by atoms with Crippen LogP contribution in [-0.2, 0) is 25.4 Å². The molecule has 0 bridgehead atoms. The van der Waals surface area contributed by atoms with Gasteiger partial charge in [-0.3, -0.25) is 14.2 Å². The number of aromatic nitrogens is 4. The Labute approximate surface area is 144 Å². The Kier molecular flexibility index (Phi) is 5.14. The van der Waals surface area contributed by atoms with Crippen molar-refractivity contribution in [1.82, 2.24) is 28.9 Å². The summed E-state index contributed by atoms with van der Waals surface area (Å²) in [5.74, 6) is -0.222. The molecule has 1 atom stereocenters. The number of imidazole rings is 1. The van der Waals surface area contributed by atoms with E-state index >= 15 is 0 Å². The highest BCUT2D eigenvalue weighted by Crippen LogP contribution is 2.05. The van der Waals surface area contributed by atoms with Crippen molar-refractivity contribution in [1.29, 1.82) is 0 Å². The second-order valence-electron chi connectivity index (χ2n) is 5.90. The van der Waals surface area contributed by atoms with Gasteiger partial charge in [-0.05, 0) is 6.92 Å². The number of aryl methyl sites for hydroxylation is 2. The van der Waals surface area contributed by atoms with E-state index in [0.717, 1.165) is 4.57 Å². The van der Waals surface area contributed by atoms with Crippen LogP contribution >= 0.6 is 12.4 Å². The van der Waals surface area contributed by atoms with Crippen LogP contribution in [0, 0.1) is 0 Å². The summed E-state index contributed by atoms with van der Waals surface area (Å²) in [6.45, 7) is 3.68. The summed E-state index contributed by atoms with van der Waals surface area (Å²) in [4.78, 5) is 43.3. The van der Waals surface area contributed by atoms with Crippen LogP contribution < -0.4 is 16.6 Å². The highest BCUT2D eigenvalue weighted by molar-refractivity contribution is 5.85. The van der Waals surface area contributed by atoms with Crippen LogP contribution in [-0.4, -0.2) is 55.2 Å². The number of rotatable bonds is 2. The first kappa shape index (κ1) is 18.2. The zero-order valence-electron chi connectivity index (χ0n) is 13.9. The SMILES string of the molecule is CC1CNCCN1C(=O)Cn1c(=O)c2c(ncn2C)n(C)c1=O.Cl. The summed E-state index contributed by atoms with van der Waals surface area (Å²) in [6.07, 6.45) is 1.48. The summed E-state index contributed by atoms with van der Waals surface area (Å²) < 4.78 is 3.85. The Morgan fingerprint density at radius 2 is 2.08 bits per heavy atom. The van der Waals surface area contributed by atoms with E-state index in [1.54, 1.807) is 23.6 Å². The topological polar surface area (TPSA) is 94.2 Å². The van der Waals surface area contributed by atoms with Gasteiger partial charge in [-0.2, -0.15) is 0 Å². The van der Waals surface area contributed by atoms with Crippen LogP contribution in [0.3, 0.4) is 0 Å². The molecule has 3 heterocycles. The third-order valence-electron chi connectivity index (χ3n) is 4.32. The monoisotopic (exact) mass is 356 g/mol. The molecule has 2 aromatic heterocycles. The zero-order valence-corrected chi connectivity index (χ0v) is 14.7. The van der Waals surface area contributed by atoms with Gasteiger partial charge in [-0.25, -0.2) is 14.3 Å². The fourth-order valence-corrected chi connectivity index (χ4v) is 2.97. The lowest BCUT2D eigenvalue weighted by Gasteiger charge is -2.34. The number of carbonyl (C=O) groups is 1. The molecule has 1 aliphatic rings.